The van der Waals surface area contributed by atoms with Crippen LogP contribution in [0.3, 0.4) is 0 Å². The molecule has 0 aliphatic heterocycles. The SMILES string of the molecule is CC(=O)O[C@@H]1CC(/C=C/CCOc2cccc(C(F)(F)F)c2)[C@H](C(=O)Oc2ccccc2)C1. The van der Waals surface area contributed by atoms with Crippen LogP contribution < -0.4 is 9.47 Å². The lowest BCUT2D eigenvalue weighted by atomic mass is 9.95. The molecular formula is C25H25F3O5. The molecule has 0 spiro atoms. The van der Waals surface area contributed by atoms with Gasteiger partial charge in [-0.05, 0) is 55.5 Å². The van der Waals surface area contributed by atoms with Gasteiger partial charge in [-0.2, -0.15) is 13.2 Å². The summed E-state index contributed by atoms with van der Waals surface area (Å²) in [5.41, 5.74) is -0.766. The molecule has 2 aromatic carbocycles. The number of carbonyl (C=O) groups excluding carboxylic acids is 2. The summed E-state index contributed by atoms with van der Waals surface area (Å²) in [5.74, 6) is -0.900. The summed E-state index contributed by atoms with van der Waals surface area (Å²) in [5, 5.41) is 0. The maximum Gasteiger partial charge on any atom is 0.416 e. The Kier molecular flexibility index (Phi) is 8.14. The quantitative estimate of drug-likeness (QED) is 0.221. The molecule has 33 heavy (non-hydrogen) atoms. The van der Waals surface area contributed by atoms with Crippen LogP contribution in [0, 0.1) is 11.8 Å². The molecule has 176 valence electrons. The second-order valence-corrected chi connectivity index (χ2v) is 7.80. The number of para-hydroxylation sites is 1. The normalized spacial score (nSPS) is 20.5. The van der Waals surface area contributed by atoms with Gasteiger partial charge in [0.05, 0.1) is 18.1 Å². The fourth-order valence-electron chi connectivity index (χ4n) is 3.80. The third-order valence-corrected chi connectivity index (χ3v) is 5.26. The summed E-state index contributed by atoms with van der Waals surface area (Å²) in [4.78, 5) is 24.1. The van der Waals surface area contributed by atoms with Crippen LogP contribution >= 0.6 is 0 Å². The number of hydrogen-bond donors (Lipinski definition) is 0. The van der Waals surface area contributed by atoms with Crippen molar-refractivity contribution in [3.05, 3.63) is 72.3 Å². The number of ether oxygens (including phenoxy) is 3. The van der Waals surface area contributed by atoms with E-state index in [1.807, 2.05) is 18.2 Å². The van der Waals surface area contributed by atoms with Crippen LogP contribution in [0.4, 0.5) is 13.2 Å². The Morgan fingerprint density at radius 3 is 2.45 bits per heavy atom. The second-order valence-electron chi connectivity index (χ2n) is 7.80. The van der Waals surface area contributed by atoms with Gasteiger partial charge in [0, 0.05) is 6.92 Å². The van der Waals surface area contributed by atoms with E-state index in [-0.39, 0.29) is 24.4 Å². The van der Waals surface area contributed by atoms with Crippen molar-refractivity contribution >= 4 is 11.9 Å². The maximum atomic E-state index is 12.8. The minimum atomic E-state index is -4.43. The first-order valence-corrected chi connectivity index (χ1v) is 10.6. The Morgan fingerprint density at radius 1 is 1.03 bits per heavy atom. The van der Waals surface area contributed by atoms with Gasteiger partial charge in [-0.1, -0.05) is 36.4 Å². The minimum absolute atomic E-state index is 0.137. The number of alkyl halides is 3. The van der Waals surface area contributed by atoms with Crippen LogP contribution in [0.15, 0.2) is 66.7 Å². The van der Waals surface area contributed by atoms with Gasteiger partial charge in [-0.15, -0.1) is 0 Å². The van der Waals surface area contributed by atoms with E-state index >= 15 is 0 Å². The van der Waals surface area contributed by atoms with Crippen LogP contribution in [0.5, 0.6) is 11.5 Å². The van der Waals surface area contributed by atoms with E-state index in [1.54, 1.807) is 24.3 Å². The van der Waals surface area contributed by atoms with Crippen molar-refractivity contribution in [2.24, 2.45) is 11.8 Å². The zero-order valence-corrected chi connectivity index (χ0v) is 18.1. The molecule has 8 heteroatoms. The second kappa shape index (κ2) is 11.0. The fourth-order valence-corrected chi connectivity index (χ4v) is 3.80. The number of hydrogen-bond acceptors (Lipinski definition) is 5. The van der Waals surface area contributed by atoms with Gasteiger partial charge in [0.2, 0.25) is 0 Å². The number of rotatable bonds is 8. The smallest absolute Gasteiger partial charge is 0.416 e. The van der Waals surface area contributed by atoms with Crippen LogP contribution in [-0.4, -0.2) is 24.6 Å². The van der Waals surface area contributed by atoms with Crippen LogP contribution in [0.25, 0.3) is 0 Å². The average molecular weight is 462 g/mol. The van der Waals surface area contributed by atoms with Gasteiger partial charge < -0.3 is 14.2 Å². The molecule has 0 aromatic heterocycles. The van der Waals surface area contributed by atoms with E-state index in [9.17, 15) is 22.8 Å². The number of allylic oxidation sites excluding steroid dienone is 1. The topological polar surface area (TPSA) is 61.8 Å². The molecule has 0 radical (unpaired) electrons. The highest BCUT2D eigenvalue weighted by molar-refractivity contribution is 5.76. The van der Waals surface area contributed by atoms with Gasteiger partial charge in [0.15, 0.2) is 0 Å². The number of esters is 2. The van der Waals surface area contributed by atoms with Crippen molar-refractivity contribution in [1.29, 1.82) is 0 Å². The molecule has 0 heterocycles. The Bertz CT molecular complexity index is 972. The Morgan fingerprint density at radius 2 is 1.76 bits per heavy atom. The molecule has 0 amide bonds. The zero-order valence-electron chi connectivity index (χ0n) is 18.1. The highest BCUT2D eigenvalue weighted by Crippen LogP contribution is 2.36. The van der Waals surface area contributed by atoms with Crippen LogP contribution in [-0.2, 0) is 20.5 Å². The third-order valence-electron chi connectivity index (χ3n) is 5.26. The van der Waals surface area contributed by atoms with Gasteiger partial charge in [-0.25, -0.2) is 0 Å². The van der Waals surface area contributed by atoms with Crippen molar-refractivity contribution in [1.82, 2.24) is 0 Å². The molecule has 3 rings (SSSR count). The number of benzene rings is 2. The van der Waals surface area contributed by atoms with E-state index in [4.69, 9.17) is 14.2 Å². The lowest BCUT2D eigenvalue weighted by Crippen LogP contribution is -2.23. The lowest BCUT2D eigenvalue weighted by molar-refractivity contribution is -0.147. The fraction of sp³-hybridized carbons (Fsp3) is 0.360. The van der Waals surface area contributed by atoms with E-state index in [1.165, 1.54) is 19.1 Å². The van der Waals surface area contributed by atoms with E-state index < -0.39 is 29.6 Å². The summed E-state index contributed by atoms with van der Waals surface area (Å²) in [6, 6.07) is 13.4. The zero-order chi connectivity index (χ0) is 23.8. The Labute approximate surface area is 190 Å². The maximum absolute atomic E-state index is 12.8. The molecule has 3 atom stereocenters. The molecule has 1 unspecified atom stereocenters. The van der Waals surface area contributed by atoms with Gasteiger partial charge >= 0.3 is 18.1 Å². The lowest BCUT2D eigenvalue weighted by Gasteiger charge is -2.14. The van der Waals surface area contributed by atoms with Gasteiger partial charge in [0.1, 0.15) is 17.6 Å². The van der Waals surface area contributed by atoms with Crippen molar-refractivity contribution in [2.75, 3.05) is 6.61 Å². The molecule has 0 saturated heterocycles. The van der Waals surface area contributed by atoms with Crippen LogP contribution in [0.1, 0.15) is 31.7 Å². The average Bonchev–Trinajstić information content (AvgIpc) is 3.16. The predicted octanol–water partition coefficient (Wildman–Crippen LogP) is 5.59. The minimum Gasteiger partial charge on any atom is -0.493 e. The molecule has 1 fully saturated rings. The molecule has 0 bridgehead atoms. The molecular weight excluding hydrogens is 437 g/mol. The monoisotopic (exact) mass is 462 g/mol. The largest absolute Gasteiger partial charge is 0.493 e. The number of halogens is 3. The van der Waals surface area contributed by atoms with E-state index in [2.05, 4.69) is 0 Å². The van der Waals surface area contributed by atoms with Crippen LogP contribution in [0.2, 0.25) is 0 Å². The number of carbonyl (C=O) groups is 2. The highest BCUT2D eigenvalue weighted by Gasteiger charge is 2.40. The van der Waals surface area contributed by atoms with Gasteiger partial charge in [-0.3, -0.25) is 9.59 Å². The van der Waals surface area contributed by atoms with Crippen molar-refractivity contribution < 1.29 is 37.0 Å². The van der Waals surface area contributed by atoms with Crippen molar-refractivity contribution in [3.8, 4) is 11.5 Å². The van der Waals surface area contributed by atoms with Crippen molar-refractivity contribution in [2.45, 2.75) is 38.5 Å². The molecule has 2 aromatic rings. The summed E-state index contributed by atoms with van der Waals surface area (Å²) in [6.07, 6.45) is 0.147. The first-order chi connectivity index (χ1) is 15.7. The molecule has 5 nitrogen and oxygen atoms in total. The Hall–Kier alpha value is -3.29. The van der Waals surface area contributed by atoms with E-state index in [0.717, 1.165) is 12.1 Å². The standard InChI is InChI=1S/C25H25F3O5/c1-17(29)32-22-14-18(23(16-22)24(30)33-20-10-3-2-4-11-20)8-5-6-13-31-21-12-7-9-19(15-21)25(26,27)28/h2-5,7-12,15,18,22-23H,6,13-14,16H2,1H3/b8-5+/t18?,22-,23-/m1/s1. The third kappa shape index (κ3) is 7.37. The molecule has 1 saturated carbocycles. The van der Waals surface area contributed by atoms with E-state index in [0.29, 0.717) is 25.0 Å². The summed E-state index contributed by atoms with van der Waals surface area (Å²) in [6.45, 7) is 1.50. The van der Waals surface area contributed by atoms with Crippen molar-refractivity contribution in [3.63, 3.8) is 0 Å². The predicted molar refractivity (Wildman–Crippen MR) is 115 cm³/mol. The molecule has 0 N–H and O–H groups in total. The molecule has 1 aliphatic carbocycles. The first-order valence-electron chi connectivity index (χ1n) is 10.6. The Balaban J connectivity index is 1.57. The highest BCUT2D eigenvalue weighted by atomic mass is 19.4. The molecule has 1 aliphatic rings. The van der Waals surface area contributed by atoms with Gasteiger partial charge in [0.25, 0.3) is 0 Å². The summed E-state index contributed by atoms with van der Waals surface area (Å²) < 4.78 is 54.6. The first kappa shape index (κ1) is 24.4. The summed E-state index contributed by atoms with van der Waals surface area (Å²) >= 11 is 0. The summed E-state index contributed by atoms with van der Waals surface area (Å²) in [7, 11) is 0.